The van der Waals surface area contributed by atoms with Gasteiger partial charge in [-0.1, -0.05) is 12.1 Å². The lowest BCUT2D eigenvalue weighted by molar-refractivity contribution is 0.0712. The van der Waals surface area contributed by atoms with Gasteiger partial charge >= 0.3 is 6.03 Å². The molecule has 2 heterocycles. The molecule has 3 rings (SSSR count). The molecule has 27 heavy (non-hydrogen) atoms. The highest BCUT2D eigenvalue weighted by molar-refractivity contribution is 5.80. The molecule has 0 spiro atoms. The first-order valence-electron chi connectivity index (χ1n) is 9.59. The van der Waals surface area contributed by atoms with Crippen LogP contribution in [0.3, 0.4) is 0 Å². The number of carbonyl (C=O) groups is 1. The first-order valence-corrected chi connectivity index (χ1v) is 9.59. The summed E-state index contributed by atoms with van der Waals surface area (Å²) in [6, 6.07) is 8.29. The summed E-state index contributed by atoms with van der Waals surface area (Å²) in [5.41, 5.74) is 2.36. The number of nitriles is 1. The molecule has 2 fully saturated rings. The van der Waals surface area contributed by atoms with Gasteiger partial charge in [-0.15, -0.1) is 0 Å². The van der Waals surface area contributed by atoms with Gasteiger partial charge in [-0.05, 0) is 61.8 Å². The minimum absolute atomic E-state index is 0.0541. The summed E-state index contributed by atoms with van der Waals surface area (Å²) < 4.78 is 13.1. The first kappa shape index (κ1) is 19.4. The van der Waals surface area contributed by atoms with Crippen LogP contribution < -0.4 is 0 Å². The molecule has 0 aromatic heterocycles. The molecule has 1 aromatic rings. The largest absolute Gasteiger partial charge is 0.393 e. The van der Waals surface area contributed by atoms with Crippen molar-refractivity contribution in [2.24, 2.45) is 5.92 Å². The van der Waals surface area contributed by atoms with Crippen molar-refractivity contribution >= 4 is 11.6 Å². The van der Waals surface area contributed by atoms with Gasteiger partial charge in [0, 0.05) is 26.2 Å². The maximum atomic E-state index is 13.1. The predicted octanol–water partition coefficient (Wildman–Crippen LogP) is 3.41. The number of carbonyl (C=O) groups excluding carboxylic acids is 1. The molecule has 0 saturated carbocycles. The van der Waals surface area contributed by atoms with Crippen LogP contribution in [-0.4, -0.2) is 53.2 Å². The Kier molecular flexibility index (Phi) is 6.12. The molecular weight excluding hydrogens is 345 g/mol. The molecular formula is C21H26FN3O2. The molecule has 0 bridgehead atoms. The van der Waals surface area contributed by atoms with Gasteiger partial charge in [-0.2, -0.15) is 5.26 Å². The van der Waals surface area contributed by atoms with E-state index in [9.17, 15) is 19.6 Å². The molecule has 0 radical (unpaired) electrons. The van der Waals surface area contributed by atoms with Crippen LogP contribution in [0.15, 0.2) is 29.8 Å². The average molecular weight is 371 g/mol. The third-order valence-electron chi connectivity index (χ3n) is 5.73. The zero-order chi connectivity index (χ0) is 19.4. The van der Waals surface area contributed by atoms with E-state index in [4.69, 9.17) is 0 Å². The number of aliphatic hydroxyl groups is 1. The smallest absolute Gasteiger partial charge is 0.320 e. The number of urea groups is 1. The number of rotatable bonds is 2. The van der Waals surface area contributed by atoms with E-state index in [0.29, 0.717) is 44.6 Å². The lowest BCUT2D eigenvalue weighted by Crippen LogP contribution is -2.49. The summed E-state index contributed by atoms with van der Waals surface area (Å²) in [6.07, 6.45) is 2.68. The van der Waals surface area contributed by atoms with Gasteiger partial charge < -0.3 is 14.9 Å². The number of amides is 2. The Balaban J connectivity index is 1.60. The predicted molar refractivity (Wildman–Crippen MR) is 101 cm³/mol. The summed E-state index contributed by atoms with van der Waals surface area (Å²) in [4.78, 5) is 16.5. The van der Waals surface area contributed by atoms with Gasteiger partial charge in [0.2, 0.25) is 0 Å². The summed E-state index contributed by atoms with van der Waals surface area (Å²) >= 11 is 0. The van der Waals surface area contributed by atoms with Crippen LogP contribution in [-0.2, 0) is 0 Å². The van der Waals surface area contributed by atoms with E-state index in [1.165, 1.54) is 12.1 Å². The van der Waals surface area contributed by atoms with E-state index in [0.717, 1.165) is 24.0 Å². The zero-order valence-corrected chi connectivity index (χ0v) is 15.7. The first-order chi connectivity index (χ1) is 13.0. The molecule has 1 N–H and O–H groups in total. The Morgan fingerprint density at radius 1 is 1.15 bits per heavy atom. The summed E-state index contributed by atoms with van der Waals surface area (Å²) in [5, 5.41) is 19.2. The minimum Gasteiger partial charge on any atom is -0.393 e. The van der Waals surface area contributed by atoms with Crippen LogP contribution in [0.2, 0.25) is 0 Å². The molecule has 2 saturated heterocycles. The number of allylic oxidation sites excluding steroid dienone is 1. The summed E-state index contributed by atoms with van der Waals surface area (Å²) in [5.74, 6) is -0.0420. The normalized spacial score (nSPS) is 19.6. The highest BCUT2D eigenvalue weighted by Crippen LogP contribution is 2.28. The fraction of sp³-hybridized carbons (Fsp3) is 0.524. The molecule has 144 valence electrons. The van der Waals surface area contributed by atoms with Gasteiger partial charge in [-0.3, -0.25) is 0 Å². The van der Waals surface area contributed by atoms with Crippen LogP contribution in [0.1, 0.15) is 38.2 Å². The number of nitrogens with zero attached hydrogens (tertiary/aromatic N) is 3. The van der Waals surface area contributed by atoms with E-state index in [2.05, 4.69) is 6.07 Å². The maximum absolute atomic E-state index is 13.1. The van der Waals surface area contributed by atoms with Crippen molar-refractivity contribution in [3.63, 3.8) is 0 Å². The Hall–Kier alpha value is -2.39. The SMILES string of the molecule is CC(O)C1CCN(C(=O)N2CCC(=C(C#N)c3ccc(F)cc3)CC2)CC1. The van der Waals surface area contributed by atoms with Crippen LogP contribution in [0.25, 0.3) is 5.57 Å². The number of hydrogen-bond donors (Lipinski definition) is 1. The van der Waals surface area contributed by atoms with Crippen LogP contribution >= 0.6 is 0 Å². The van der Waals surface area contributed by atoms with Gasteiger partial charge in [0.25, 0.3) is 0 Å². The van der Waals surface area contributed by atoms with Crippen molar-refractivity contribution in [2.75, 3.05) is 26.2 Å². The van der Waals surface area contributed by atoms with E-state index < -0.39 is 0 Å². The van der Waals surface area contributed by atoms with E-state index in [-0.39, 0.29) is 23.9 Å². The maximum Gasteiger partial charge on any atom is 0.320 e. The topological polar surface area (TPSA) is 67.6 Å². The summed E-state index contributed by atoms with van der Waals surface area (Å²) in [6.45, 7) is 4.38. The zero-order valence-electron chi connectivity index (χ0n) is 15.7. The second-order valence-corrected chi connectivity index (χ2v) is 7.43. The van der Waals surface area contributed by atoms with Gasteiger partial charge in [0.1, 0.15) is 5.82 Å². The number of benzene rings is 1. The van der Waals surface area contributed by atoms with Crippen molar-refractivity contribution in [1.29, 1.82) is 5.26 Å². The van der Waals surface area contributed by atoms with Crippen LogP contribution in [0.4, 0.5) is 9.18 Å². The molecule has 1 unspecified atom stereocenters. The third-order valence-corrected chi connectivity index (χ3v) is 5.73. The molecule has 0 aliphatic carbocycles. The fourth-order valence-electron chi connectivity index (χ4n) is 3.96. The van der Waals surface area contributed by atoms with Gasteiger partial charge in [0.15, 0.2) is 0 Å². The monoisotopic (exact) mass is 371 g/mol. The van der Waals surface area contributed by atoms with Crippen molar-refractivity contribution in [3.8, 4) is 6.07 Å². The molecule has 2 aliphatic rings. The van der Waals surface area contributed by atoms with E-state index in [1.54, 1.807) is 12.1 Å². The molecule has 5 nitrogen and oxygen atoms in total. The van der Waals surface area contributed by atoms with Crippen LogP contribution in [0, 0.1) is 23.1 Å². The second-order valence-electron chi connectivity index (χ2n) is 7.43. The highest BCUT2D eigenvalue weighted by Gasteiger charge is 2.29. The number of aliphatic hydroxyl groups excluding tert-OH is 1. The lowest BCUT2D eigenvalue weighted by Gasteiger charge is -2.38. The third kappa shape index (κ3) is 4.48. The number of hydrogen-bond acceptors (Lipinski definition) is 3. The quantitative estimate of drug-likeness (QED) is 0.810. The average Bonchev–Trinajstić information content (AvgIpc) is 2.70. The Morgan fingerprint density at radius 3 is 2.22 bits per heavy atom. The highest BCUT2D eigenvalue weighted by atomic mass is 19.1. The van der Waals surface area contributed by atoms with Gasteiger partial charge in [0.05, 0.1) is 17.7 Å². The fourth-order valence-corrected chi connectivity index (χ4v) is 3.96. The number of piperidine rings is 2. The Morgan fingerprint density at radius 2 is 1.70 bits per heavy atom. The Labute approximate surface area is 159 Å². The summed E-state index contributed by atoms with van der Waals surface area (Å²) in [7, 11) is 0. The Bertz CT molecular complexity index is 734. The number of likely N-dealkylation sites (tertiary alicyclic amines) is 2. The van der Waals surface area contributed by atoms with Crippen molar-refractivity contribution in [2.45, 2.75) is 38.7 Å². The van der Waals surface area contributed by atoms with E-state index in [1.807, 2.05) is 16.7 Å². The number of halogens is 1. The second kappa shape index (κ2) is 8.53. The molecule has 2 amide bonds. The molecule has 6 heteroatoms. The van der Waals surface area contributed by atoms with Crippen molar-refractivity contribution < 1.29 is 14.3 Å². The molecule has 1 aromatic carbocycles. The van der Waals surface area contributed by atoms with E-state index >= 15 is 0 Å². The minimum atomic E-state index is -0.319. The van der Waals surface area contributed by atoms with Crippen molar-refractivity contribution in [3.05, 3.63) is 41.2 Å². The van der Waals surface area contributed by atoms with Crippen molar-refractivity contribution in [1.82, 2.24) is 9.80 Å². The molecule has 2 aliphatic heterocycles. The van der Waals surface area contributed by atoms with Gasteiger partial charge in [-0.25, -0.2) is 9.18 Å². The van der Waals surface area contributed by atoms with Crippen LogP contribution in [0.5, 0.6) is 0 Å². The standard InChI is InChI=1S/C21H26FN3O2/c1-15(26)16-6-10-24(11-7-16)21(27)25-12-8-18(9-13-25)20(14-23)17-2-4-19(22)5-3-17/h2-5,15-16,26H,6-13H2,1H3. The molecule has 1 atom stereocenters. The lowest BCUT2D eigenvalue weighted by atomic mass is 9.92.